The Balaban J connectivity index is 1.77. The first-order chi connectivity index (χ1) is 10.5. The Hall–Kier alpha value is -1.75. The second-order valence-corrected chi connectivity index (χ2v) is 7.06. The van der Waals surface area contributed by atoms with Crippen LogP contribution in [0.1, 0.15) is 19.4 Å². The van der Waals surface area contributed by atoms with Crippen molar-refractivity contribution in [2.24, 2.45) is 4.99 Å². The Morgan fingerprint density at radius 1 is 1.45 bits per heavy atom. The third-order valence-electron chi connectivity index (χ3n) is 4.23. The molecule has 2 heterocycles. The van der Waals surface area contributed by atoms with Crippen LogP contribution in [0.4, 0.5) is 5.69 Å². The Bertz CT molecular complexity index is 664. The highest BCUT2D eigenvalue weighted by Gasteiger charge is 2.38. The van der Waals surface area contributed by atoms with Crippen LogP contribution < -0.4 is 10.2 Å². The van der Waals surface area contributed by atoms with Crippen molar-refractivity contribution in [1.29, 1.82) is 0 Å². The maximum Gasteiger partial charge on any atom is 0.167 e. The van der Waals surface area contributed by atoms with Gasteiger partial charge in [0.25, 0.3) is 0 Å². The number of rotatable bonds is 3. The predicted octanol–water partition coefficient (Wildman–Crippen LogP) is 2.56. The number of likely N-dealkylation sites (N-methyl/N-ethyl adjacent to an activating group) is 1. The summed E-state index contributed by atoms with van der Waals surface area (Å²) in [6.45, 7) is 6.03. The summed E-state index contributed by atoms with van der Waals surface area (Å²) in [5.41, 5.74) is 3.36. The average molecular weight is 315 g/mol. The van der Waals surface area contributed by atoms with E-state index in [0.29, 0.717) is 5.75 Å². The largest absolute Gasteiger partial charge is 0.363 e. The van der Waals surface area contributed by atoms with Gasteiger partial charge in [0.2, 0.25) is 0 Å². The number of nitrogens with one attached hydrogen (secondary N) is 1. The molecule has 0 radical (unpaired) electrons. The number of carbonyl (C=O) groups is 1. The zero-order valence-corrected chi connectivity index (χ0v) is 14.0. The summed E-state index contributed by atoms with van der Waals surface area (Å²) < 4.78 is 0. The summed E-state index contributed by atoms with van der Waals surface area (Å²) in [5, 5.41) is 4.06. The molecule has 0 saturated heterocycles. The van der Waals surface area contributed by atoms with E-state index in [4.69, 9.17) is 0 Å². The van der Waals surface area contributed by atoms with Gasteiger partial charge in [0, 0.05) is 36.5 Å². The zero-order chi connectivity index (χ0) is 15.7. The lowest BCUT2D eigenvalue weighted by Crippen LogP contribution is -2.24. The van der Waals surface area contributed by atoms with Crippen LogP contribution in [0.2, 0.25) is 0 Å². The van der Waals surface area contributed by atoms with E-state index in [1.54, 1.807) is 6.08 Å². The number of allylic oxidation sites excluding steroid dienone is 2. The lowest BCUT2D eigenvalue weighted by molar-refractivity contribution is -0.112. The van der Waals surface area contributed by atoms with Crippen LogP contribution in [0.3, 0.4) is 0 Å². The number of hydrogen-bond donors (Lipinski definition) is 1. The highest BCUT2D eigenvalue weighted by molar-refractivity contribution is 8.14. The predicted molar refractivity (Wildman–Crippen MR) is 93.7 cm³/mol. The third kappa shape index (κ3) is 2.65. The van der Waals surface area contributed by atoms with Gasteiger partial charge in [-0.25, -0.2) is 0 Å². The van der Waals surface area contributed by atoms with Gasteiger partial charge in [0.15, 0.2) is 11.0 Å². The first-order valence-electron chi connectivity index (χ1n) is 7.49. The molecule has 2 aliphatic rings. The maximum absolute atomic E-state index is 12.3. The SMILES string of the molecule is CN1C(=CC(=O)CSC2=NCCN2)C(C)(C)c2ccccc21. The van der Waals surface area contributed by atoms with Gasteiger partial charge in [-0.05, 0) is 11.6 Å². The molecule has 116 valence electrons. The molecule has 0 saturated carbocycles. The summed E-state index contributed by atoms with van der Waals surface area (Å²) in [7, 11) is 2.03. The topological polar surface area (TPSA) is 44.7 Å². The van der Waals surface area contributed by atoms with Gasteiger partial charge in [0.1, 0.15) is 0 Å². The van der Waals surface area contributed by atoms with Crippen LogP contribution in [0.5, 0.6) is 0 Å². The van der Waals surface area contributed by atoms with Gasteiger partial charge in [0.05, 0.1) is 12.3 Å². The van der Waals surface area contributed by atoms with Gasteiger partial charge in [-0.3, -0.25) is 9.79 Å². The smallest absolute Gasteiger partial charge is 0.167 e. The number of anilines is 1. The van der Waals surface area contributed by atoms with Crippen LogP contribution in [-0.4, -0.2) is 36.8 Å². The van der Waals surface area contributed by atoms with E-state index in [2.05, 4.69) is 47.3 Å². The monoisotopic (exact) mass is 315 g/mol. The molecule has 1 N–H and O–H groups in total. The summed E-state index contributed by atoms with van der Waals surface area (Å²) in [6, 6.07) is 8.34. The van der Waals surface area contributed by atoms with Crippen molar-refractivity contribution in [3.8, 4) is 0 Å². The first-order valence-corrected chi connectivity index (χ1v) is 8.48. The van der Waals surface area contributed by atoms with Gasteiger partial charge in [-0.1, -0.05) is 43.8 Å². The van der Waals surface area contributed by atoms with Crippen LogP contribution in [0.15, 0.2) is 41.0 Å². The molecule has 0 atom stereocenters. The molecule has 1 aromatic carbocycles. The van der Waals surface area contributed by atoms with Crippen LogP contribution in [0, 0.1) is 0 Å². The lowest BCUT2D eigenvalue weighted by Gasteiger charge is -2.23. The Labute approximate surface area is 135 Å². The third-order valence-corrected chi connectivity index (χ3v) is 5.21. The Kier molecular flexibility index (Phi) is 4.00. The van der Waals surface area contributed by atoms with E-state index in [0.717, 1.165) is 24.0 Å². The van der Waals surface area contributed by atoms with Crippen molar-refractivity contribution < 1.29 is 4.79 Å². The number of fused-ring (bicyclic) bond motifs is 1. The molecule has 2 aliphatic heterocycles. The number of amidine groups is 1. The minimum Gasteiger partial charge on any atom is -0.363 e. The van der Waals surface area contributed by atoms with Gasteiger partial charge in [-0.2, -0.15) is 0 Å². The number of nitrogens with zero attached hydrogens (tertiary/aromatic N) is 2. The van der Waals surface area contributed by atoms with Crippen molar-refractivity contribution in [1.82, 2.24) is 5.32 Å². The molecule has 0 unspecified atom stereocenters. The van der Waals surface area contributed by atoms with E-state index in [9.17, 15) is 4.79 Å². The quantitative estimate of drug-likeness (QED) is 0.871. The van der Waals surface area contributed by atoms with E-state index in [-0.39, 0.29) is 11.2 Å². The molecule has 0 aliphatic carbocycles. The van der Waals surface area contributed by atoms with Crippen molar-refractivity contribution in [2.45, 2.75) is 19.3 Å². The molecule has 0 spiro atoms. The number of ketones is 1. The van der Waals surface area contributed by atoms with Gasteiger partial charge in [-0.15, -0.1) is 0 Å². The molecular weight excluding hydrogens is 294 g/mol. The Morgan fingerprint density at radius 3 is 2.91 bits per heavy atom. The van der Waals surface area contributed by atoms with Crippen molar-refractivity contribution in [2.75, 3.05) is 30.8 Å². The maximum atomic E-state index is 12.3. The molecular formula is C17H21N3OS. The van der Waals surface area contributed by atoms with Crippen molar-refractivity contribution in [3.63, 3.8) is 0 Å². The second kappa shape index (κ2) is 5.80. The van der Waals surface area contributed by atoms with Gasteiger partial charge < -0.3 is 10.2 Å². The number of carbonyl (C=O) groups excluding carboxylic acids is 1. The highest BCUT2D eigenvalue weighted by atomic mass is 32.2. The molecule has 5 heteroatoms. The van der Waals surface area contributed by atoms with Crippen LogP contribution in [0.25, 0.3) is 0 Å². The number of benzene rings is 1. The number of para-hydroxylation sites is 1. The number of thioether (sulfide) groups is 1. The fourth-order valence-corrected chi connectivity index (χ4v) is 3.81. The molecule has 3 rings (SSSR count). The normalized spacial score (nSPS) is 20.8. The minimum atomic E-state index is -0.144. The second-order valence-electron chi connectivity index (χ2n) is 6.10. The zero-order valence-electron chi connectivity index (χ0n) is 13.2. The minimum absolute atomic E-state index is 0.129. The summed E-state index contributed by atoms with van der Waals surface area (Å²) in [5.74, 6) is 0.555. The molecule has 0 fully saturated rings. The van der Waals surface area contributed by atoms with Crippen molar-refractivity contribution >= 4 is 28.4 Å². The fourth-order valence-electron chi connectivity index (χ4n) is 3.07. The van der Waals surface area contributed by atoms with Gasteiger partial charge >= 0.3 is 0 Å². The molecule has 0 amide bonds. The van der Waals surface area contributed by atoms with Crippen molar-refractivity contribution in [3.05, 3.63) is 41.6 Å². The Morgan fingerprint density at radius 2 is 2.23 bits per heavy atom. The number of aliphatic imine (C=N–C) groups is 1. The standard InChI is InChI=1S/C17H21N3OS/c1-17(2)13-6-4-5-7-14(13)20(3)15(17)10-12(21)11-22-16-18-8-9-19-16/h4-7,10H,8-9,11H2,1-3H3,(H,18,19). The lowest BCUT2D eigenvalue weighted by atomic mass is 9.83. The molecule has 22 heavy (non-hydrogen) atoms. The van der Waals surface area contributed by atoms with E-state index >= 15 is 0 Å². The molecule has 1 aromatic rings. The molecule has 4 nitrogen and oxygen atoms in total. The molecule has 0 bridgehead atoms. The fraction of sp³-hybridized carbons (Fsp3) is 0.412. The highest BCUT2D eigenvalue weighted by Crippen LogP contribution is 2.46. The number of hydrogen-bond acceptors (Lipinski definition) is 5. The summed E-state index contributed by atoms with van der Waals surface area (Å²) in [6.07, 6.45) is 1.79. The molecule has 0 aromatic heterocycles. The van der Waals surface area contributed by atoms with Crippen LogP contribution >= 0.6 is 11.8 Å². The van der Waals surface area contributed by atoms with Crippen LogP contribution in [-0.2, 0) is 10.2 Å². The average Bonchev–Trinajstić information content (AvgIpc) is 3.08. The summed E-state index contributed by atoms with van der Waals surface area (Å²) in [4.78, 5) is 18.8. The first kappa shape index (κ1) is 15.2. The van der Waals surface area contributed by atoms with E-state index in [1.165, 1.54) is 23.0 Å². The summed E-state index contributed by atoms with van der Waals surface area (Å²) >= 11 is 1.49. The van der Waals surface area contributed by atoms with E-state index in [1.807, 2.05) is 13.1 Å². The van der Waals surface area contributed by atoms with E-state index < -0.39 is 0 Å².